The Hall–Kier alpha value is -1.85. The molecular weight excluding hydrogens is 302 g/mol. The second kappa shape index (κ2) is 7.81. The molecule has 2 N–H and O–H groups in total. The van der Waals surface area contributed by atoms with Gasteiger partial charge >= 0.3 is 0 Å². The van der Waals surface area contributed by atoms with E-state index in [9.17, 15) is 4.79 Å². The summed E-state index contributed by atoms with van der Waals surface area (Å²) in [5.74, 6) is 0.0268. The number of morpholine rings is 1. The number of carbonyl (C=O) groups is 1. The zero-order valence-electron chi connectivity index (χ0n) is 14.7. The number of hydrogen-bond donors (Lipinski definition) is 2. The van der Waals surface area contributed by atoms with Crippen molar-refractivity contribution in [3.05, 3.63) is 40.5 Å². The summed E-state index contributed by atoms with van der Waals surface area (Å²) in [4.78, 5) is 14.4. The van der Waals surface area contributed by atoms with Gasteiger partial charge in [-0.2, -0.15) is 0 Å². The van der Waals surface area contributed by atoms with Crippen LogP contribution in [0.25, 0.3) is 5.70 Å². The molecule has 130 valence electrons. The van der Waals surface area contributed by atoms with Gasteiger partial charge < -0.3 is 4.74 Å². The minimum Gasteiger partial charge on any atom is -0.379 e. The topological polar surface area (TPSA) is 53.6 Å². The van der Waals surface area contributed by atoms with E-state index in [0.29, 0.717) is 6.42 Å². The Bertz CT molecular complexity index is 634. The third-order valence-corrected chi connectivity index (χ3v) is 4.75. The van der Waals surface area contributed by atoms with E-state index in [-0.39, 0.29) is 5.91 Å². The molecule has 1 saturated heterocycles. The van der Waals surface area contributed by atoms with Gasteiger partial charge in [-0.1, -0.05) is 17.7 Å². The number of ether oxygens (including phenoxy) is 1. The molecule has 5 heteroatoms. The molecule has 3 rings (SSSR count). The standard InChI is InChI=1S/C19H27N3O2/c1-14-12-15(2)16-4-3-5-18(17(16)13-14)20-21-19(23)6-7-22-8-10-24-11-9-22/h5,12-13,20H,3-4,6-11H2,1-2H3,(H,21,23). The van der Waals surface area contributed by atoms with Gasteiger partial charge in [-0.3, -0.25) is 20.5 Å². The summed E-state index contributed by atoms with van der Waals surface area (Å²) in [6.07, 6.45) is 4.74. The van der Waals surface area contributed by atoms with Gasteiger partial charge in [0.1, 0.15) is 0 Å². The number of rotatable bonds is 5. The lowest BCUT2D eigenvalue weighted by atomic mass is 9.89. The van der Waals surface area contributed by atoms with Crippen molar-refractivity contribution < 1.29 is 9.53 Å². The van der Waals surface area contributed by atoms with Crippen LogP contribution in [0.1, 0.15) is 35.1 Å². The van der Waals surface area contributed by atoms with Crippen LogP contribution in [0.3, 0.4) is 0 Å². The molecule has 5 nitrogen and oxygen atoms in total. The number of hydrazine groups is 1. The maximum absolute atomic E-state index is 12.1. The molecule has 2 aliphatic rings. The summed E-state index contributed by atoms with van der Waals surface area (Å²) in [7, 11) is 0. The van der Waals surface area contributed by atoms with Gasteiger partial charge in [-0.05, 0) is 43.9 Å². The molecule has 0 atom stereocenters. The Kier molecular flexibility index (Phi) is 5.53. The van der Waals surface area contributed by atoms with Crippen molar-refractivity contribution >= 4 is 11.6 Å². The van der Waals surface area contributed by atoms with E-state index in [1.807, 2.05) is 0 Å². The third-order valence-electron chi connectivity index (χ3n) is 4.75. The minimum absolute atomic E-state index is 0.0268. The highest BCUT2D eigenvalue weighted by atomic mass is 16.5. The van der Waals surface area contributed by atoms with Gasteiger partial charge in [0.05, 0.1) is 18.9 Å². The van der Waals surface area contributed by atoms with Crippen molar-refractivity contribution in [2.24, 2.45) is 0 Å². The smallest absolute Gasteiger partial charge is 0.239 e. The number of benzene rings is 1. The van der Waals surface area contributed by atoms with E-state index in [0.717, 1.165) is 51.4 Å². The average molecular weight is 329 g/mol. The Morgan fingerprint density at radius 2 is 2.04 bits per heavy atom. The first-order valence-electron chi connectivity index (χ1n) is 8.79. The monoisotopic (exact) mass is 329 g/mol. The Balaban J connectivity index is 1.53. The van der Waals surface area contributed by atoms with Crippen LogP contribution in [0.15, 0.2) is 18.2 Å². The summed E-state index contributed by atoms with van der Waals surface area (Å²) in [6.45, 7) is 8.42. The first kappa shape index (κ1) is 17.0. The number of nitrogens with zero attached hydrogens (tertiary/aromatic N) is 1. The van der Waals surface area contributed by atoms with Crippen molar-refractivity contribution in [2.45, 2.75) is 33.1 Å². The lowest BCUT2D eigenvalue weighted by molar-refractivity contribution is -0.122. The molecular formula is C19H27N3O2. The molecule has 1 aliphatic carbocycles. The van der Waals surface area contributed by atoms with Crippen LogP contribution in [0.5, 0.6) is 0 Å². The van der Waals surface area contributed by atoms with Crippen molar-refractivity contribution in [1.29, 1.82) is 0 Å². The fraction of sp³-hybridized carbons (Fsp3) is 0.526. The highest BCUT2D eigenvalue weighted by Crippen LogP contribution is 2.28. The van der Waals surface area contributed by atoms with Crippen molar-refractivity contribution in [3.63, 3.8) is 0 Å². The van der Waals surface area contributed by atoms with Gasteiger partial charge in [0, 0.05) is 31.6 Å². The number of hydrogen-bond acceptors (Lipinski definition) is 4. The van der Waals surface area contributed by atoms with E-state index < -0.39 is 0 Å². The fourth-order valence-corrected chi connectivity index (χ4v) is 3.44. The fourth-order valence-electron chi connectivity index (χ4n) is 3.44. The van der Waals surface area contributed by atoms with Crippen LogP contribution >= 0.6 is 0 Å². The van der Waals surface area contributed by atoms with Crippen LogP contribution in [0.2, 0.25) is 0 Å². The summed E-state index contributed by atoms with van der Waals surface area (Å²) < 4.78 is 5.32. The zero-order chi connectivity index (χ0) is 16.9. The van der Waals surface area contributed by atoms with Gasteiger partial charge in [0.2, 0.25) is 5.91 Å². The van der Waals surface area contributed by atoms with Crippen LogP contribution in [0.4, 0.5) is 0 Å². The van der Waals surface area contributed by atoms with Crippen LogP contribution < -0.4 is 10.9 Å². The van der Waals surface area contributed by atoms with Crippen molar-refractivity contribution in [3.8, 4) is 0 Å². The second-order valence-corrected chi connectivity index (χ2v) is 6.64. The number of aryl methyl sites for hydroxylation is 2. The molecule has 1 fully saturated rings. The molecule has 24 heavy (non-hydrogen) atoms. The molecule has 0 unspecified atom stereocenters. The van der Waals surface area contributed by atoms with Crippen LogP contribution in [-0.4, -0.2) is 43.7 Å². The zero-order valence-corrected chi connectivity index (χ0v) is 14.7. The molecule has 0 radical (unpaired) electrons. The highest BCUT2D eigenvalue weighted by molar-refractivity contribution is 5.78. The molecule has 1 aromatic rings. The predicted molar refractivity (Wildman–Crippen MR) is 95.4 cm³/mol. The lowest BCUT2D eigenvalue weighted by Crippen LogP contribution is -2.41. The van der Waals surface area contributed by atoms with Crippen molar-refractivity contribution in [1.82, 2.24) is 15.8 Å². The third kappa shape index (κ3) is 4.16. The highest BCUT2D eigenvalue weighted by Gasteiger charge is 2.16. The first-order valence-corrected chi connectivity index (χ1v) is 8.79. The molecule has 1 amide bonds. The predicted octanol–water partition coefficient (Wildman–Crippen LogP) is 1.93. The molecule has 0 spiro atoms. The molecule has 1 heterocycles. The van der Waals surface area contributed by atoms with Crippen LogP contribution in [-0.2, 0) is 16.0 Å². The number of nitrogens with one attached hydrogen (secondary N) is 2. The van der Waals surface area contributed by atoms with E-state index in [1.165, 1.54) is 22.3 Å². The van der Waals surface area contributed by atoms with E-state index in [4.69, 9.17) is 4.74 Å². The maximum Gasteiger partial charge on any atom is 0.239 e. The van der Waals surface area contributed by atoms with E-state index in [1.54, 1.807) is 0 Å². The summed E-state index contributed by atoms with van der Waals surface area (Å²) >= 11 is 0. The van der Waals surface area contributed by atoms with E-state index >= 15 is 0 Å². The number of carbonyl (C=O) groups excluding carboxylic acids is 1. The van der Waals surface area contributed by atoms with Crippen LogP contribution in [0, 0.1) is 13.8 Å². The second-order valence-electron chi connectivity index (χ2n) is 6.64. The molecule has 0 aromatic heterocycles. The largest absolute Gasteiger partial charge is 0.379 e. The lowest BCUT2D eigenvalue weighted by Gasteiger charge is -2.26. The molecule has 0 saturated carbocycles. The summed E-state index contributed by atoms with van der Waals surface area (Å²) in [5.41, 5.74) is 12.2. The first-order chi connectivity index (χ1) is 11.6. The van der Waals surface area contributed by atoms with Crippen molar-refractivity contribution in [2.75, 3.05) is 32.8 Å². The quantitative estimate of drug-likeness (QED) is 0.811. The molecule has 1 aliphatic heterocycles. The number of fused-ring (bicyclic) bond motifs is 1. The van der Waals surface area contributed by atoms with E-state index in [2.05, 4.69) is 47.8 Å². The van der Waals surface area contributed by atoms with Gasteiger partial charge in [0.25, 0.3) is 0 Å². The molecule has 1 aromatic carbocycles. The Labute approximate surface area is 144 Å². The Morgan fingerprint density at radius 3 is 2.83 bits per heavy atom. The maximum atomic E-state index is 12.1. The van der Waals surface area contributed by atoms with Gasteiger partial charge in [-0.15, -0.1) is 0 Å². The summed E-state index contributed by atoms with van der Waals surface area (Å²) in [6, 6.07) is 4.42. The number of amides is 1. The average Bonchev–Trinajstić information content (AvgIpc) is 2.59. The molecule has 0 bridgehead atoms. The van der Waals surface area contributed by atoms with Gasteiger partial charge in [0.15, 0.2) is 0 Å². The number of allylic oxidation sites excluding steroid dienone is 1. The SMILES string of the molecule is Cc1cc(C)c2c(c1)C(NNC(=O)CCN1CCOCC1)=CCC2. The minimum atomic E-state index is 0.0268. The normalized spacial score (nSPS) is 17.8. The summed E-state index contributed by atoms with van der Waals surface area (Å²) in [5, 5.41) is 0. The van der Waals surface area contributed by atoms with Gasteiger partial charge in [-0.25, -0.2) is 0 Å². The Morgan fingerprint density at radius 1 is 1.25 bits per heavy atom.